The number of nitrogens with zero attached hydrogens (tertiary/aromatic N) is 1. The van der Waals surface area contributed by atoms with Crippen molar-refractivity contribution in [3.8, 4) is 5.75 Å². The Bertz CT molecular complexity index is 1030. The largest absolute Gasteiger partial charge is 0.497 e. The number of methoxy groups -OCH3 is 1. The first-order valence-corrected chi connectivity index (χ1v) is 12.8. The van der Waals surface area contributed by atoms with E-state index in [-0.39, 0.29) is 17.2 Å². The van der Waals surface area contributed by atoms with Crippen LogP contribution in [0.25, 0.3) is 0 Å². The summed E-state index contributed by atoms with van der Waals surface area (Å²) in [6.45, 7) is 6.36. The first-order valence-electron chi connectivity index (χ1n) is 11.4. The van der Waals surface area contributed by atoms with Crippen LogP contribution in [0.4, 0.5) is 0 Å². The molecule has 0 aliphatic rings. The number of benzene rings is 2. The Morgan fingerprint density at radius 2 is 1.50 bits per heavy atom. The quantitative estimate of drug-likeness (QED) is 0.433. The summed E-state index contributed by atoms with van der Waals surface area (Å²) in [6.07, 6.45) is 0.225. The Morgan fingerprint density at radius 3 is 2.06 bits per heavy atom. The number of aryl methyl sites for hydroxylation is 1. The molecule has 0 heterocycles. The Balaban J connectivity index is 1.76. The number of amides is 1. The molecular weight excluding hydrogens is 456 g/mol. The lowest BCUT2D eigenvalue weighted by Gasteiger charge is -2.18. The molecule has 0 fully saturated rings. The molecule has 2 aromatic rings. The van der Waals surface area contributed by atoms with Crippen molar-refractivity contribution in [3.63, 3.8) is 0 Å². The molecule has 0 bridgehead atoms. The number of carbonyl (C=O) groups excluding carboxylic acids is 2. The molecule has 0 aromatic heterocycles. The Kier molecular flexibility index (Phi) is 10.5. The molecule has 2 rings (SSSR count). The van der Waals surface area contributed by atoms with Gasteiger partial charge in [0, 0.05) is 26.1 Å². The van der Waals surface area contributed by atoms with Crippen LogP contribution in [0.3, 0.4) is 0 Å². The number of carbonyl (C=O) groups is 2. The summed E-state index contributed by atoms with van der Waals surface area (Å²) < 4.78 is 36.8. The first-order chi connectivity index (χ1) is 16.2. The van der Waals surface area contributed by atoms with Gasteiger partial charge in [-0.3, -0.25) is 9.59 Å². The highest BCUT2D eigenvalue weighted by Crippen LogP contribution is 2.17. The molecule has 0 saturated heterocycles. The van der Waals surface area contributed by atoms with Crippen molar-refractivity contribution >= 4 is 21.9 Å². The number of hydrogen-bond donors (Lipinski definition) is 1. The molecule has 34 heavy (non-hydrogen) atoms. The highest BCUT2D eigenvalue weighted by atomic mass is 32.2. The summed E-state index contributed by atoms with van der Waals surface area (Å²) in [4.78, 5) is 24.6. The fourth-order valence-corrected chi connectivity index (χ4v) is 4.82. The van der Waals surface area contributed by atoms with Crippen LogP contribution in [0, 0.1) is 0 Å². The van der Waals surface area contributed by atoms with E-state index in [1.165, 1.54) is 11.2 Å². The highest BCUT2D eigenvalue weighted by molar-refractivity contribution is 7.89. The lowest BCUT2D eigenvalue weighted by atomic mass is 10.1. The second-order valence-corrected chi connectivity index (χ2v) is 9.69. The van der Waals surface area contributed by atoms with Crippen molar-refractivity contribution in [1.82, 2.24) is 9.62 Å². The molecule has 1 amide bonds. The van der Waals surface area contributed by atoms with Gasteiger partial charge in [-0.2, -0.15) is 4.31 Å². The molecule has 1 N–H and O–H groups in total. The molecule has 1 atom stereocenters. The standard InChI is InChI=1S/C25H34N2O6S/c1-5-27(6-2)34(30,31)23-14-9-20(10-15-23)11-16-24(28)33-19(3)25(29)26-18-17-21-7-12-22(32-4)13-8-21/h7-10,12-15,19H,5-6,11,16-18H2,1-4H3,(H,26,29). The second kappa shape index (κ2) is 13.1. The minimum absolute atomic E-state index is 0.0889. The average Bonchev–Trinajstić information content (AvgIpc) is 2.84. The zero-order valence-electron chi connectivity index (χ0n) is 20.2. The molecule has 8 nitrogen and oxygen atoms in total. The third-order valence-electron chi connectivity index (χ3n) is 5.43. The molecule has 0 saturated carbocycles. The van der Waals surface area contributed by atoms with E-state index >= 15 is 0 Å². The van der Waals surface area contributed by atoms with Crippen LogP contribution in [0.5, 0.6) is 5.75 Å². The fraction of sp³-hybridized carbons (Fsp3) is 0.440. The molecule has 186 valence electrons. The highest BCUT2D eigenvalue weighted by Gasteiger charge is 2.21. The van der Waals surface area contributed by atoms with Crippen molar-refractivity contribution in [2.24, 2.45) is 0 Å². The van der Waals surface area contributed by atoms with Crippen LogP contribution in [-0.4, -0.2) is 57.4 Å². The van der Waals surface area contributed by atoms with Crippen molar-refractivity contribution in [3.05, 3.63) is 59.7 Å². The monoisotopic (exact) mass is 490 g/mol. The summed E-state index contributed by atoms with van der Waals surface area (Å²) in [5.41, 5.74) is 1.87. The van der Waals surface area contributed by atoms with Crippen LogP contribution in [0.1, 0.15) is 38.3 Å². The summed E-state index contributed by atoms with van der Waals surface area (Å²) in [5, 5.41) is 2.77. The molecule has 9 heteroatoms. The van der Waals surface area contributed by atoms with E-state index < -0.39 is 22.1 Å². The molecule has 2 aromatic carbocycles. The van der Waals surface area contributed by atoms with E-state index in [0.717, 1.165) is 16.9 Å². The Morgan fingerprint density at radius 1 is 0.941 bits per heavy atom. The first kappa shape index (κ1) is 27.3. The van der Waals surface area contributed by atoms with Crippen molar-refractivity contribution in [2.75, 3.05) is 26.7 Å². The van der Waals surface area contributed by atoms with E-state index in [4.69, 9.17) is 9.47 Å². The summed E-state index contributed by atoms with van der Waals surface area (Å²) in [7, 11) is -1.91. The van der Waals surface area contributed by atoms with E-state index in [1.54, 1.807) is 45.2 Å². The number of hydrogen-bond acceptors (Lipinski definition) is 6. The van der Waals surface area contributed by atoms with Crippen LogP contribution in [-0.2, 0) is 37.2 Å². The summed E-state index contributed by atoms with van der Waals surface area (Å²) in [6, 6.07) is 14.1. The molecular formula is C25H34N2O6S. The van der Waals surface area contributed by atoms with Gasteiger partial charge in [0.2, 0.25) is 10.0 Å². The minimum atomic E-state index is -3.51. The van der Waals surface area contributed by atoms with E-state index in [1.807, 2.05) is 24.3 Å². The van der Waals surface area contributed by atoms with Crippen LogP contribution < -0.4 is 10.1 Å². The van der Waals surface area contributed by atoms with E-state index in [2.05, 4.69) is 5.32 Å². The van der Waals surface area contributed by atoms with Gasteiger partial charge < -0.3 is 14.8 Å². The topological polar surface area (TPSA) is 102 Å². The number of esters is 1. The zero-order chi connectivity index (χ0) is 25.1. The van der Waals surface area contributed by atoms with Crippen LogP contribution in [0.2, 0.25) is 0 Å². The Labute approximate surface area is 202 Å². The molecule has 0 aliphatic heterocycles. The predicted octanol–water partition coefficient (Wildman–Crippen LogP) is 2.95. The average molecular weight is 491 g/mol. The van der Waals surface area contributed by atoms with E-state index in [0.29, 0.717) is 32.5 Å². The smallest absolute Gasteiger partial charge is 0.306 e. The normalized spacial score (nSPS) is 12.3. The number of sulfonamides is 1. The lowest BCUT2D eigenvalue weighted by Crippen LogP contribution is -2.36. The fourth-order valence-electron chi connectivity index (χ4n) is 3.36. The maximum atomic E-state index is 12.5. The molecule has 1 unspecified atom stereocenters. The van der Waals surface area contributed by atoms with E-state index in [9.17, 15) is 18.0 Å². The minimum Gasteiger partial charge on any atom is -0.497 e. The molecule has 0 spiro atoms. The van der Waals surface area contributed by atoms with Crippen LogP contribution in [0.15, 0.2) is 53.4 Å². The molecule has 0 radical (unpaired) electrons. The number of rotatable bonds is 13. The third-order valence-corrected chi connectivity index (χ3v) is 7.50. The zero-order valence-corrected chi connectivity index (χ0v) is 21.1. The van der Waals surface area contributed by atoms with Crippen molar-refractivity contribution in [2.45, 2.75) is 51.0 Å². The van der Waals surface area contributed by atoms with Gasteiger partial charge in [-0.25, -0.2) is 8.42 Å². The van der Waals surface area contributed by atoms with Gasteiger partial charge in [0.15, 0.2) is 6.10 Å². The summed E-state index contributed by atoms with van der Waals surface area (Å²) in [5.74, 6) is -0.0700. The van der Waals surface area contributed by atoms with Gasteiger partial charge in [-0.05, 0) is 55.2 Å². The van der Waals surface area contributed by atoms with Gasteiger partial charge in [-0.1, -0.05) is 38.1 Å². The number of ether oxygens (including phenoxy) is 2. The SMILES string of the molecule is CCN(CC)S(=O)(=O)c1ccc(CCC(=O)OC(C)C(=O)NCCc2ccc(OC)cc2)cc1. The van der Waals surface area contributed by atoms with Crippen molar-refractivity contribution < 1.29 is 27.5 Å². The Hall–Kier alpha value is -2.91. The second-order valence-electron chi connectivity index (χ2n) is 7.75. The predicted molar refractivity (Wildman–Crippen MR) is 130 cm³/mol. The number of nitrogens with one attached hydrogen (secondary N) is 1. The van der Waals surface area contributed by atoms with Crippen LogP contribution >= 0.6 is 0 Å². The van der Waals surface area contributed by atoms with Crippen molar-refractivity contribution in [1.29, 1.82) is 0 Å². The van der Waals surface area contributed by atoms with Gasteiger partial charge in [0.25, 0.3) is 5.91 Å². The lowest BCUT2D eigenvalue weighted by molar-refractivity contribution is -0.154. The summed E-state index contributed by atoms with van der Waals surface area (Å²) >= 11 is 0. The van der Waals surface area contributed by atoms with Gasteiger partial charge in [0.1, 0.15) is 5.75 Å². The maximum absolute atomic E-state index is 12.5. The maximum Gasteiger partial charge on any atom is 0.306 e. The third kappa shape index (κ3) is 7.85. The van der Waals surface area contributed by atoms with Gasteiger partial charge in [0.05, 0.1) is 12.0 Å². The van der Waals surface area contributed by atoms with Gasteiger partial charge in [-0.15, -0.1) is 0 Å². The molecule has 0 aliphatic carbocycles. The van der Waals surface area contributed by atoms with Gasteiger partial charge >= 0.3 is 5.97 Å².